The molecule has 2 heterocycles. The molecule has 1 fully saturated rings. The summed E-state index contributed by atoms with van der Waals surface area (Å²) in [6.07, 6.45) is 2.54. The summed E-state index contributed by atoms with van der Waals surface area (Å²) in [5.74, 6) is 2.47. The van der Waals surface area contributed by atoms with Gasteiger partial charge in [0.25, 0.3) is 0 Å². The number of carbonyl (C=O) groups excluding carboxylic acids is 1. The van der Waals surface area contributed by atoms with Crippen molar-refractivity contribution in [1.82, 2.24) is 0 Å². The minimum atomic E-state index is -0.280. The van der Waals surface area contributed by atoms with E-state index in [1.807, 2.05) is 42.5 Å². The molecular formula is C22H22O6. The van der Waals surface area contributed by atoms with Crippen LogP contribution in [0.3, 0.4) is 0 Å². The van der Waals surface area contributed by atoms with Crippen LogP contribution in [0.25, 0.3) is 6.08 Å². The summed E-state index contributed by atoms with van der Waals surface area (Å²) in [6, 6.07) is 11.5. The number of esters is 1. The molecule has 6 nitrogen and oxygen atoms in total. The Hall–Kier alpha value is -3.15. The highest BCUT2D eigenvalue weighted by Gasteiger charge is 2.31. The number of ether oxygens (including phenoxy) is 5. The quantitative estimate of drug-likeness (QED) is 0.584. The first-order valence-corrected chi connectivity index (χ1v) is 9.17. The lowest BCUT2D eigenvalue weighted by Gasteiger charge is -2.19. The molecular weight excluding hydrogens is 360 g/mol. The van der Waals surface area contributed by atoms with Crippen LogP contribution < -0.4 is 18.9 Å². The predicted molar refractivity (Wildman–Crippen MR) is 103 cm³/mol. The zero-order valence-corrected chi connectivity index (χ0v) is 15.9. The van der Waals surface area contributed by atoms with Gasteiger partial charge in [-0.15, -0.1) is 0 Å². The van der Waals surface area contributed by atoms with E-state index in [0.717, 1.165) is 22.6 Å². The van der Waals surface area contributed by atoms with Gasteiger partial charge in [-0.2, -0.15) is 0 Å². The molecule has 2 aromatic carbocycles. The summed E-state index contributed by atoms with van der Waals surface area (Å²) in [4.78, 5) is 12.3. The van der Waals surface area contributed by atoms with Crippen LogP contribution in [0.1, 0.15) is 11.1 Å². The van der Waals surface area contributed by atoms with Gasteiger partial charge in [-0.05, 0) is 47.9 Å². The molecule has 2 aromatic rings. The molecule has 4 rings (SSSR count). The molecule has 146 valence electrons. The summed E-state index contributed by atoms with van der Waals surface area (Å²) in [6.45, 7) is 1.48. The third kappa shape index (κ3) is 3.63. The van der Waals surface area contributed by atoms with E-state index in [1.165, 1.54) is 0 Å². The first kappa shape index (κ1) is 18.2. The second-order valence-corrected chi connectivity index (χ2v) is 6.69. The van der Waals surface area contributed by atoms with Crippen LogP contribution in [0.5, 0.6) is 23.0 Å². The molecule has 0 bridgehead atoms. The lowest BCUT2D eigenvalue weighted by atomic mass is 9.92. The first-order valence-electron chi connectivity index (χ1n) is 9.17. The Morgan fingerprint density at radius 1 is 0.964 bits per heavy atom. The van der Waals surface area contributed by atoms with Gasteiger partial charge in [0, 0.05) is 11.5 Å². The van der Waals surface area contributed by atoms with Crippen molar-refractivity contribution in [3.63, 3.8) is 0 Å². The van der Waals surface area contributed by atoms with E-state index in [4.69, 9.17) is 23.7 Å². The molecule has 0 saturated carbocycles. The maximum Gasteiger partial charge on any atom is 0.334 e. The van der Waals surface area contributed by atoms with Crippen LogP contribution in [0.4, 0.5) is 0 Å². The Morgan fingerprint density at radius 2 is 1.75 bits per heavy atom. The molecule has 6 heteroatoms. The van der Waals surface area contributed by atoms with Crippen molar-refractivity contribution < 1.29 is 28.5 Å². The average molecular weight is 382 g/mol. The highest BCUT2D eigenvalue weighted by atomic mass is 16.6. The Morgan fingerprint density at radius 3 is 2.54 bits per heavy atom. The highest BCUT2D eigenvalue weighted by molar-refractivity contribution is 5.96. The van der Waals surface area contributed by atoms with Gasteiger partial charge in [0.1, 0.15) is 13.2 Å². The van der Waals surface area contributed by atoms with Gasteiger partial charge in [0.15, 0.2) is 23.0 Å². The number of carbonyl (C=O) groups is 1. The number of fused-ring (bicyclic) bond motifs is 1. The molecule has 0 radical (unpaired) electrons. The summed E-state index contributed by atoms with van der Waals surface area (Å²) in [7, 11) is 3.18. The van der Waals surface area contributed by atoms with Gasteiger partial charge >= 0.3 is 5.97 Å². The minimum Gasteiger partial charge on any atom is -0.493 e. The number of benzene rings is 2. The van der Waals surface area contributed by atoms with E-state index in [9.17, 15) is 4.79 Å². The zero-order chi connectivity index (χ0) is 19.5. The number of rotatable bonds is 5. The van der Waals surface area contributed by atoms with Gasteiger partial charge in [-0.3, -0.25) is 0 Å². The van der Waals surface area contributed by atoms with Crippen LogP contribution >= 0.6 is 0 Å². The van der Waals surface area contributed by atoms with Crippen molar-refractivity contribution in [2.45, 2.75) is 6.42 Å². The fourth-order valence-electron chi connectivity index (χ4n) is 3.48. The van der Waals surface area contributed by atoms with E-state index in [2.05, 4.69) is 0 Å². The lowest BCUT2D eigenvalue weighted by Crippen LogP contribution is -2.15. The SMILES string of the molecule is COc1ccc(C=C2C(=O)OC[C@@H]2Cc2ccc3c(c2)OCCO3)cc1OC. The number of hydrogen-bond acceptors (Lipinski definition) is 6. The third-order valence-corrected chi connectivity index (χ3v) is 4.91. The Labute approximate surface area is 163 Å². The van der Waals surface area contributed by atoms with Crippen LogP contribution in [-0.2, 0) is 16.0 Å². The maximum atomic E-state index is 12.3. The fraction of sp³-hybridized carbons (Fsp3) is 0.318. The van der Waals surface area contributed by atoms with Crippen molar-refractivity contribution in [2.24, 2.45) is 5.92 Å². The fourth-order valence-corrected chi connectivity index (χ4v) is 3.48. The summed E-state index contributed by atoms with van der Waals surface area (Å²) in [5, 5.41) is 0. The molecule has 1 atom stereocenters. The molecule has 1 saturated heterocycles. The molecule has 0 unspecified atom stereocenters. The normalized spacial score (nSPS) is 19.4. The van der Waals surface area contributed by atoms with Crippen molar-refractivity contribution in [3.05, 3.63) is 53.1 Å². The topological polar surface area (TPSA) is 63.2 Å². The van der Waals surface area contributed by atoms with Gasteiger partial charge in [0.2, 0.25) is 0 Å². The largest absolute Gasteiger partial charge is 0.493 e. The van der Waals surface area contributed by atoms with E-state index < -0.39 is 0 Å². The van der Waals surface area contributed by atoms with Gasteiger partial charge in [0.05, 0.1) is 20.8 Å². The van der Waals surface area contributed by atoms with Crippen molar-refractivity contribution in [1.29, 1.82) is 0 Å². The van der Waals surface area contributed by atoms with Crippen LogP contribution in [-0.4, -0.2) is 40.0 Å². The maximum absolute atomic E-state index is 12.3. The average Bonchev–Trinajstić information content (AvgIpc) is 3.07. The summed E-state index contributed by atoms with van der Waals surface area (Å²) < 4.78 is 27.2. The minimum absolute atomic E-state index is 0.0249. The van der Waals surface area contributed by atoms with E-state index in [1.54, 1.807) is 14.2 Å². The highest BCUT2D eigenvalue weighted by Crippen LogP contribution is 2.34. The molecule has 0 aromatic heterocycles. The lowest BCUT2D eigenvalue weighted by molar-refractivity contribution is -0.135. The third-order valence-electron chi connectivity index (χ3n) is 4.91. The second-order valence-electron chi connectivity index (χ2n) is 6.69. The Balaban J connectivity index is 1.58. The smallest absolute Gasteiger partial charge is 0.334 e. The Bertz CT molecular complexity index is 917. The van der Waals surface area contributed by atoms with Gasteiger partial charge in [-0.25, -0.2) is 4.79 Å². The van der Waals surface area contributed by atoms with Crippen molar-refractivity contribution in [2.75, 3.05) is 34.0 Å². The second kappa shape index (κ2) is 7.84. The van der Waals surface area contributed by atoms with Gasteiger partial charge < -0.3 is 23.7 Å². The van der Waals surface area contributed by atoms with Crippen LogP contribution in [0.2, 0.25) is 0 Å². The summed E-state index contributed by atoms with van der Waals surface area (Å²) in [5.41, 5.74) is 2.59. The zero-order valence-electron chi connectivity index (χ0n) is 15.9. The van der Waals surface area contributed by atoms with Crippen molar-refractivity contribution >= 4 is 12.0 Å². The summed E-state index contributed by atoms with van der Waals surface area (Å²) >= 11 is 0. The van der Waals surface area contributed by atoms with Crippen LogP contribution in [0.15, 0.2) is 42.0 Å². The molecule has 28 heavy (non-hydrogen) atoms. The van der Waals surface area contributed by atoms with E-state index in [-0.39, 0.29) is 11.9 Å². The first-order chi connectivity index (χ1) is 13.7. The van der Waals surface area contributed by atoms with E-state index >= 15 is 0 Å². The number of methoxy groups -OCH3 is 2. The van der Waals surface area contributed by atoms with Crippen LogP contribution in [0, 0.1) is 5.92 Å². The predicted octanol–water partition coefficient (Wildman–Crippen LogP) is 3.27. The Kier molecular flexibility index (Phi) is 5.10. The van der Waals surface area contributed by atoms with Gasteiger partial charge in [-0.1, -0.05) is 12.1 Å². The van der Waals surface area contributed by atoms with E-state index in [0.29, 0.717) is 43.3 Å². The monoisotopic (exact) mass is 382 g/mol. The number of cyclic esters (lactones) is 1. The molecule has 0 N–H and O–H groups in total. The molecule has 0 spiro atoms. The standard InChI is InChI=1S/C22H22O6/c1-24-18-5-3-15(11-20(18)25-2)10-17-16(13-28-22(17)23)9-14-4-6-19-21(12-14)27-8-7-26-19/h3-6,10-12,16H,7-9,13H2,1-2H3/t16-/m0/s1. The molecule has 2 aliphatic heterocycles. The van der Waals surface area contributed by atoms with Crippen molar-refractivity contribution in [3.8, 4) is 23.0 Å². The molecule has 2 aliphatic rings. The molecule has 0 amide bonds. The molecule has 0 aliphatic carbocycles. The number of hydrogen-bond donors (Lipinski definition) is 0.